The molecule has 1 aromatic heterocycles. The number of hydrogen-bond acceptors (Lipinski definition) is 4. The summed E-state index contributed by atoms with van der Waals surface area (Å²) in [6, 6.07) is 1.89. The van der Waals surface area contributed by atoms with Gasteiger partial charge in [0.1, 0.15) is 11.9 Å². The molecule has 0 aromatic carbocycles. The molecule has 2 amide bonds. The van der Waals surface area contributed by atoms with Gasteiger partial charge in [0.05, 0.1) is 5.56 Å². The van der Waals surface area contributed by atoms with Gasteiger partial charge in [0.15, 0.2) is 0 Å². The number of hydrogen-bond donors (Lipinski definition) is 1. The zero-order valence-electron chi connectivity index (χ0n) is 15.8. The maximum atomic E-state index is 13.0. The van der Waals surface area contributed by atoms with Crippen LogP contribution in [0.25, 0.3) is 0 Å². The fourth-order valence-corrected chi connectivity index (χ4v) is 3.98. The van der Waals surface area contributed by atoms with E-state index in [-0.39, 0.29) is 17.7 Å². The Morgan fingerprint density at radius 2 is 1.79 bits per heavy atom. The molecule has 0 spiro atoms. The molecule has 2 fully saturated rings. The number of carbonyl (C=O) groups excluding carboxylic acids is 2. The number of aromatic nitrogens is 1. The van der Waals surface area contributed by atoms with Crippen LogP contribution in [0, 0.1) is 5.92 Å². The minimum atomic E-state index is -4.41. The van der Waals surface area contributed by atoms with E-state index in [4.69, 9.17) is 0 Å². The molecule has 0 radical (unpaired) electrons. The van der Waals surface area contributed by atoms with Crippen LogP contribution >= 0.6 is 0 Å². The molecule has 1 aromatic rings. The number of amides is 2. The van der Waals surface area contributed by atoms with Gasteiger partial charge in [-0.05, 0) is 30.9 Å². The lowest BCUT2D eigenvalue weighted by atomic mass is 9.96. The molecule has 1 saturated heterocycles. The fraction of sp³-hybridized carbons (Fsp3) is 0.632. The van der Waals surface area contributed by atoms with Crippen LogP contribution < -0.4 is 10.2 Å². The van der Waals surface area contributed by atoms with Crippen molar-refractivity contribution >= 4 is 17.6 Å². The van der Waals surface area contributed by atoms with E-state index in [1.165, 1.54) is 13.0 Å². The number of nitrogens with one attached hydrogen (secondary N) is 1. The maximum absolute atomic E-state index is 13.0. The zero-order chi connectivity index (χ0) is 20.3. The number of halogens is 3. The summed E-state index contributed by atoms with van der Waals surface area (Å²) in [6.45, 7) is 3.29. The normalized spacial score (nSPS) is 19.6. The Bertz CT molecular complexity index is 694. The molecular formula is C19H25F3N4O2. The first-order valence-electron chi connectivity index (χ1n) is 9.60. The van der Waals surface area contributed by atoms with Crippen molar-refractivity contribution in [3.05, 3.63) is 23.9 Å². The van der Waals surface area contributed by atoms with E-state index in [0.717, 1.165) is 37.9 Å². The van der Waals surface area contributed by atoms with E-state index in [9.17, 15) is 22.8 Å². The van der Waals surface area contributed by atoms with Gasteiger partial charge in [0.25, 0.3) is 0 Å². The monoisotopic (exact) mass is 398 g/mol. The average molecular weight is 398 g/mol. The lowest BCUT2D eigenvalue weighted by molar-refractivity contribution is -0.138. The summed E-state index contributed by atoms with van der Waals surface area (Å²) >= 11 is 0. The van der Waals surface area contributed by atoms with Crippen molar-refractivity contribution in [3.8, 4) is 0 Å². The van der Waals surface area contributed by atoms with Crippen LogP contribution in [0.3, 0.4) is 0 Å². The second-order valence-electron chi connectivity index (χ2n) is 7.44. The van der Waals surface area contributed by atoms with E-state index in [2.05, 4.69) is 10.3 Å². The van der Waals surface area contributed by atoms with Gasteiger partial charge in [0, 0.05) is 39.3 Å². The second kappa shape index (κ2) is 8.36. The maximum Gasteiger partial charge on any atom is 0.417 e. The molecule has 3 rings (SSSR count). The summed E-state index contributed by atoms with van der Waals surface area (Å²) in [6.07, 6.45) is 0.441. The highest BCUT2D eigenvalue weighted by Gasteiger charge is 2.35. The molecule has 9 heteroatoms. The molecule has 2 heterocycles. The van der Waals surface area contributed by atoms with Gasteiger partial charge in [0.2, 0.25) is 11.8 Å². The lowest BCUT2D eigenvalue weighted by Gasteiger charge is -2.38. The number of alkyl halides is 3. The Morgan fingerprint density at radius 3 is 2.29 bits per heavy atom. The Labute approximate surface area is 162 Å². The largest absolute Gasteiger partial charge is 0.417 e. The van der Waals surface area contributed by atoms with Crippen molar-refractivity contribution in [2.45, 2.75) is 44.8 Å². The van der Waals surface area contributed by atoms with Crippen molar-refractivity contribution < 1.29 is 22.8 Å². The number of piperazine rings is 1. The van der Waals surface area contributed by atoms with E-state index in [1.807, 2.05) is 4.90 Å². The van der Waals surface area contributed by atoms with Gasteiger partial charge in [-0.3, -0.25) is 9.59 Å². The molecule has 2 aliphatic rings. The number of carbonyl (C=O) groups is 2. The molecule has 1 N–H and O–H groups in total. The summed E-state index contributed by atoms with van der Waals surface area (Å²) in [7, 11) is 0. The van der Waals surface area contributed by atoms with Gasteiger partial charge in [-0.25, -0.2) is 4.98 Å². The van der Waals surface area contributed by atoms with Crippen LogP contribution in [0.1, 0.15) is 38.2 Å². The van der Waals surface area contributed by atoms with Gasteiger partial charge in [-0.1, -0.05) is 12.8 Å². The van der Waals surface area contributed by atoms with E-state index >= 15 is 0 Å². The summed E-state index contributed by atoms with van der Waals surface area (Å²) in [5.74, 6) is 0.361. The van der Waals surface area contributed by atoms with Crippen LogP contribution in [0.15, 0.2) is 18.3 Å². The Hall–Kier alpha value is -2.32. The minimum Gasteiger partial charge on any atom is -0.353 e. The Morgan fingerprint density at radius 1 is 1.14 bits per heavy atom. The Balaban J connectivity index is 1.60. The van der Waals surface area contributed by atoms with Crippen LogP contribution in [0.2, 0.25) is 0 Å². The third-order valence-corrected chi connectivity index (χ3v) is 5.49. The molecule has 1 saturated carbocycles. The number of pyridine rings is 1. The van der Waals surface area contributed by atoms with Crippen LogP contribution in [-0.2, 0) is 15.8 Å². The SMILES string of the molecule is CC(=O)NC(C(=O)N1CCN(c2ccc(C(F)(F)F)cn2)CC1)C1CCCC1. The molecule has 1 aliphatic carbocycles. The first kappa shape index (κ1) is 20.4. The molecule has 1 atom stereocenters. The highest BCUT2D eigenvalue weighted by molar-refractivity contribution is 5.87. The van der Waals surface area contributed by atoms with Crippen LogP contribution in [-0.4, -0.2) is 53.9 Å². The van der Waals surface area contributed by atoms with Crippen molar-refractivity contribution in [1.82, 2.24) is 15.2 Å². The van der Waals surface area contributed by atoms with Crippen LogP contribution in [0.4, 0.5) is 19.0 Å². The van der Waals surface area contributed by atoms with Crippen molar-refractivity contribution in [1.29, 1.82) is 0 Å². The quantitative estimate of drug-likeness (QED) is 0.846. The third kappa shape index (κ3) is 4.74. The van der Waals surface area contributed by atoms with Gasteiger partial charge >= 0.3 is 6.18 Å². The summed E-state index contributed by atoms with van der Waals surface area (Å²) in [5, 5.41) is 2.82. The standard InChI is InChI=1S/C19H25F3N4O2/c1-13(27)24-17(14-4-2-3-5-14)18(28)26-10-8-25(9-11-26)16-7-6-15(12-23-16)19(20,21)22/h6-7,12,14,17H,2-5,8-11H2,1H3,(H,24,27). The van der Waals surface area contributed by atoms with Crippen molar-refractivity contribution in [2.75, 3.05) is 31.1 Å². The summed E-state index contributed by atoms with van der Waals surface area (Å²) in [4.78, 5) is 32.1. The average Bonchev–Trinajstić information content (AvgIpc) is 3.19. The van der Waals surface area contributed by atoms with Crippen molar-refractivity contribution in [3.63, 3.8) is 0 Å². The molecular weight excluding hydrogens is 373 g/mol. The lowest BCUT2D eigenvalue weighted by Crippen LogP contribution is -2.56. The third-order valence-electron chi connectivity index (χ3n) is 5.49. The van der Waals surface area contributed by atoms with Gasteiger partial charge in [-0.2, -0.15) is 13.2 Å². The van der Waals surface area contributed by atoms with E-state index in [1.54, 1.807) is 4.90 Å². The molecule has 28 heavy (non-hydrogen) atoms. The van der Waals surface area contributed by atoms with Crippen LogP contribution in [0.5, 0.6) is 0 Å². The molecule has 0 bridgehead atoms. The van der Waals surface area contributed by atoms with Gasteiger partial charge in [-0.15, -0.1) is 0 Å². The molecule has 1 aliphatic heterocycles. The molecule has 154 valence electrons. The molecule has 1 unspecified atom stereocenters. The first-order valence-corrected chi connectivity index (χ1v) is 9.60. The summed E-state index contributed by atoms with van der Waals surface area (Å²) in [5.41, 5.74) is -0.778. The predicted octanol–water partition coefficient (Wildman–Crippen LogP) is 2.44. The minimum absolute atomic E-state index is 0.0675. The Kier molecular flexibility index (Phi) is 6.10. The smallest absolute Gasteiger partial charge is 0.353 e. The van der Waals surface area contributed by atoms with E-state index < -0.39 is 17.8 Å². The van der Waals surface area contributed by atoms with Crippen molar-refractivity contribution in [2.24, 2.45) is 5.92 Å². The zero-order valence-corrected chi connectivity index (χ0v) is 15.8. The topological polar surface area (TPSA) is 65.5 Å². The number of anilines is 1. The highest BCUT2D eigenvalue weighted by atomic mass is 19.4. The molecule has 6 nitrogen and oxygen atoms in total. The van der Waals surface area contributed by atoms with E-state index in [0.29, 0.717) is 32.0 Å². The fourth-order valence-electron chi connectivity index (χ4n) is 3.98. The number of rotatable bonds is 4. The highest BCUT2D eigenvalue weighted by Crippen LogP contribution is 2.30. The van der Waals surface area contributed by atoms with Gasteiger partial charge < -0.3 is 15.1 Å². The number of nitrogens with zero attached hydrogens (tertiary/aromatic N) is 3. The summed E-state index contributed by atoms with van der Waals surface area (Å²) < 4.78 is 38.0. The predicted molar refractivity (Wildman–Crippen MR) is 97.6 cm³/mol. The second-order valence-corrected chi connectivity index (χ2v) is 7.44. The first-order chi connectivity index (χ1) is 13.3.